The van der Waals surface area contributed by atoms with E-state index in [2.05, 4.69) is 38.1 Å². The average Bonchev–Trinajstić information content (AvgIpc) is 2.89. The van der Waals surface area contributed by atoms with E-state index < -0.39 is 5.82 Å². The fourth-order valence-electron chi connectivity index (χ4n) is 3.85. The van der Waals surface area contributed by atoms with Crippen molar-refractivity contribution >= 4 is 0 Å². The van der Waals surface area contributed by atoms with Crippen LogP contribution in [-0.2, 0) is 5.41 Å². The number of benzene rings is 3. The van der Waals surface area contributed by atoms with Crippen molar-refractivity contribution in [3.63, 3.8) is 0 Å². The maximum absolute atomic E-state index is 14.0. The van der Waals surface area contributed by atoms with Crippen molar-refractivity contribution < 1.29 is 4.39 Å². The van der Waals surface area contributed by atoms with Crippen molar-refractivity contribution in [2.75, 3.05) is 0 Å². The van der Waals surface area contributed by atoms with Crippen LogP contribution in [-0.4, -0.2) is 0 Å². The third-order valence-corrected chi connectivity index (χ3v) is 5.23. The Hall–Kier alpha value is -3.43. The second-order valence-electron chi connectivity index (χ2n) is 7.04. The molecule has 1 aliphatic rings. The lowest BCUT2D eigenvalue weighted by molar-refractivity contribution is 0.620. The van der Waals surface area contributed by atoms with Gasteiger partial charge in [0.2, 0.25) is 0 Å². The molecule has 0 saturated heterocycles. The Morgan fingerprint density at radius 1 is 0.769 bits per heavy atom. The van der Waals surface area contributed by atoms with E-state index in [-0.39, 0.29) is 16.5 Å². The van der Waals surface area contributed by atoms with Crippen LogP contribution in [0.3, 0.4) is 0 Å². The SMILES string of the molecule is CC1(C)c2ccccc2-c2cc(-c3cc(C#N)c(F)c(C#N)c3)ccc21. The van der Waals surface area contributed by atoms with E-state index in [1.54, 1.807) is 0 Å². The molecule has 0 radical (unpaired) electrons. The summed E-state index contributed by atoms with van der Waals surface area (Å²) in [4.78, 5) is 0. The number of fused-ring (bicyclic) bond motifs is 3. The Kier molecular flexibility index (Phi) is 3.43. The molecule has 3 aromatic rings. The lowest BCUT2D eigenvalue weighted by atomic mass is 9.82. The number of halogens is 1. The van der Waals surface area contributed by atoms with Crippen molar-refractivity contribution in [2.45, 2.75) is 19.3 Å². The molecule has 0 saturated carbocycles. The molecule has 0 aromatic heterocycles. The molecule has 3 aromatic carbocycles. The van der Waals surface area contributed by atoms with Crippen LogP contribution in [0.5, 0.6) is 0 Å². The molecular weight excluding hydrogens is 323 g/mol. The van der Waals surface area contributed by atoms with Gasteiger partial charge in [-0.05, 0) is 51.6 Å². The van der Waals surface area contributed by atoms with E-state index in [0.29, 0.717) is 5.56 Å². The normalized spacial score (nSPS) is 13.4. The number of nitriles is 2. The summed E-state index contributed by atoms with van der Waals surface area (Å²) in [6.07, 6.45) is 0. The van der Waals surface area contributed by atoms with E-state index in [4.69, 9.17) is 10.5 Å². The first kappa shape index (κ1) is 16.1. The van der Waals surface area contributed by atoms with Gasteiger partial charge in [-0.25, -0.2) is 4.39 Å². The molecule has 0 spiro atoms. The summed E-state index contributed by atoms with van der Waals surface area (Å²) in [6, 6.07) is 21.1. The van der Waals surface area contributed by atoms with Crippen molar-refractivity contribution in [1.29, 1.82) is 10.5 Å². The van der Waals surface area contributed by atoms with Gasteiger partial charge >= 0.3 is 0 Å². The first-order valence-corrected chi connectivity index (χ1v) is 8.36. The Labute approximate surface area is 151 Å². The van der Waals surface area contributed by atoms with Crippen LogP contribution in [0, 0.1) is 28.5 Å². The van der Waals surface area contributed by atoms with Crippen LogP contribution in [0.2, 0.25) is 0 Å². The smallest absolute Gasteiger partial charge is 0.158 e. The molecule has 26 heavy (non-hydrogen) atoms. The summed E-state index contributed by atoms with van der Waals surface area (Å²) in [5, 5.41) is 18.3. The van der Waals surface area contributed by atoms with Gasteiger partial charge in [0, 0.05) is 5.41 Å². The quantitative estimate of drug-likeness (QED) is 0.584. The van der Waals surface area contributed by atoms with Crippen molar-refractivity contribution in [3.05, 3.63) is 82.7 Å². The summed E-state index contributed by atoms with van der Waals surface area (Å²) in [7, 11) is 0. The minimum absolute atomic E-state index is 0.0805. The zero-order valence-electron chi connectivity index (χ0n) is 14.5. The van der Waals surface area contributed by atoms with Gasteiger partial charge in [0.1, 0.15) is 12.1 Å². The lowest BCUT2D eigenvalue weighted by Gasteiger charge is -2.21. The van der Waals surface area contributed by atoms with E-state index in [0.717, 1.165) is 11.1 Å². The summed E-state index contributed by atoms with van der Waals surface area (Å²) < 4.78 is 14.0. The first-order chi connectivity index (χ1) is 12.5. The topological polar surface area (TPSA) is 47.6 Å². The number of nitrogens with zero attached hydrogens (tertiary/aromatic N) is 2. The summed E-state index contributed by atoms with van der Waals surface area (Å²) in [5.41, 5.74) is 6.09. The van der Waals surface area contributed by atoms with Gasteiger partial charge in [-0.2, -0.15) is 10.5 Å². The monoisotopic (exact) mass is 338 g/mol. The lowest BCUT2D eigenvalue weighted by Crippen LogP contribution is -2.14. The number of hydrogen-bond donors (Lipinski definition) is 0. The maximum atomic E-state index is 14.0. The van der Waals surface area contributed by atoms with Gasteiger partial charge < -0.3 is 0 Å². The first-order valence-electron chi connectivity index (χ1n) is 8.36. The van der Waals surface area contributed by atoms with Crippen LogP contribution < -0.4 is 0 Å². The summed E-state index contributed by atoms with van der Waals surface area (Å²) in [6.45, 7) is 4.41. The van der Waals surface area contributed by atoms with Crippen LogP contribution >= 0.6 is 0 Å². The second-order valence-corrected chi connectivity index (χ2v) is 7.04. The molecule has 124 valence electrons. The van der Waals surface area contributed by atoms with Crippen LogP contribution in [0.25, 0.3) is 22.3 Å². The molecule has 4 rings (SSSR count). The zero-order chi connectivity index (χ0) is 18.5. The minimum atomic E-state index is -0.758. The van der Waals surface area contributed by atoms with Gasteiger partial charge in [-0.1, -0.05) is 50.2 Å². The van der Waals surface area contributed by atoms with Crippen molar-refractivity contribution in [3.8, 4) is 34.4 Å². The van der Waals surface area contributed by atoms with Gasteiger partial charge in [-0.15, -0.1) is 0 Å². The highest BCUT2D eigenvalue weighted by Crippen LogP contribution is 2.49. The van der Waals surface area contributed by atoms with Crippen LogP contribution in [0.4, 0.5) is 4.39 Å². The van der Waals surface area contributed by atoms with Crippen LogP contribution in [0.15, 0.2) is 54.6 Å². The third-order valence-electron chi connectivity index (χ3n) is 5.23. The maximum Gasteiger partial charge on any atom is 0.158 e. The minimum Gasteiger partial charge on any atom is -0.204 e. The van der Waals surface area contributed by atoms with Crippen LogP contribution in [0.1, 0.15) is 36.1 Å². The van der Waals surface area contributed by atoms with Gasteiger partial charge in [0.05, 0.1) is 11.1 Å². The van der Waals surface area contributed by atoms with Gasteiger partial charge in [0.15, 0.2) is 5.82 Å². The predicted octanol–water partition coefficient (Wildman–Crippen LogP) is 5.54. The third kappa shape index (κ3) is 2.15. The Morgan fingerprint density at radius 2 is 1.38 bits per heavy atom. The Bertz CT molecular complexity index is 1110. The summed E-state index contributed by atoms with van der Waals surface area (Å²) >= 11 is 0. The molecule has 0 unspecified atom stereocenters. The molecule has 3 heteroatoms. The average molecular weight is 338 g/mol. The highest BCUT2D eigenvalue weighted by Gasteiger charge is 2.35. The molecule has 1 aliphatic carbocycles. The number of rotatable bonds is 1. The fraction of sp³-hybridized carbons (Fsp3) is 0.130. The van der Waals surface area contributed by atoms with Gasteiger partial charge in [-0.3, -0.25) is 0 Å². The van der Waals surface area contributed by atoms with E-state index >= 15 is 0 Å². The molecule has 0 atom stereocenters. The highest BCUT2D eigenvalue weighted by atomic mass is 19.1. The molecular formula is C23H15FN2. The van der Waals surface area contributed by atoms with E-state index in [1.165, 1.54) is 28.8 Å². The van der Waals surface area contributed by atoms with Crippen molar-refractivity contribution in [1.82, 2.24) is 0 Å². The molecule has 0 heterocycles. The highest BCUT2D eigenvalue weighted by molar-refractivity contribution is 5.84. The van der Waals surface area contributed by atoms with Crippen molar-refractivity contribution in [2.24, 2.45) is 0 Å². The second kappa shape index (κ2) is 5.55. The molecule has 0 fully saturated rings. The Morgan fingerprint density at radius 3 is 2.04 bits per heavy atom. The predicted molar refractivity (Wildman–Crippen MR) is 98.8 cm³/mol. The summed E-state index contributed by atoms with van der Waals surface area (Å²) in [5.74, 6) is -0.758. The molecule has 0 aliphatic heterocycles. The largest absolute Gasteiger partial charge is 0.204 e. The molecule has 0 amide bonds. The van der Waals surface area contributed by atoms with E-state index in [1.807, 2.05) is 30.3 Å². The standard InChI is InChI=1S/C23H15FN2/c1-23(2)20-6-4-3-5-18(20)19-11-14(7-8-21(19)23)15-9-16(12-25)22(24)17(10-15)13-26/h3-11H,1-2H3. The van der Waals surface area contributed by atoms with Gasteiger partial charge in [0.25, 0.3) is 0 Å². The molecule has 0 N–H and O–H groups in total. The molecule has 0 bridgehead atoms. The number of hydrogen-bond acceptors (Lipinski definition) is 2. The zero-order valence-corrected chi connectivity index (χ0v) is 14.5. The fourth-order valence-corrected chi connectivity index (χ4v) is 3.85. The Balaban J connectivity index is 1.95. The molecule has 2 nitrogen and oxygen atoms in total. The van der Waals surface area contributed by atoms with E-state index in [9.17, 15) is 4.39 Å².